The van der Waals surface area contributed by atoms with Crippen LogP contribution >= 0.6 is 15.9 Å². The molecule has 0 bridgehead atoms. The molecule has 0 radical (unpaired) electrons. The van der Waals surface area contributed by atoms with Gasteiger partial charge in [0, 0.05) is 35.1 Å². The van der Waals surface area contributed by atoms with Crippen LogP contribution in [-0.4, -0.2) is 6.61 Å². The predicted octanol–water partition coefficient (Wildman–Crippen LogP) is 4.41. The van der Waals surface area contributed by atoms with Crippen molar-refractivity contribution in [3.05, 3.63) is 57.3 Å². The predicted molar refractivity (Wildman–Crippen MR) is 77.0 cm³/mol. The van der Waals surface area contributed by atoms with Crippen LogP contribution in [0, 0.1) is 17.5 Å². The number of ether oxygens (including phenoxy) is 1. The van der Waals surface area contributed by atoms with Gasteiger partial charge in [-0.3, -0.25) is 0 Å². The maximum absolute atomic E-state index is 13.6. The van der Waals surface area contributed by atoms with Gasteiger partial charge in [-0.1, -0.05) is 15.9 Å². The summed E-state index contributed by atoms with van der Waals surface area (Å²) in [6.07, 6.45) is 0.810. The zero-order valence-electron chi connectivity index (χ0n) is 10.9. The summed E-state index contributed by atoms with van der Waals surface area (Å²) < 4.78 is 46.3. The Labute approximate surface area is 128 Å². The first kappa shape index (κ1) is 14.3. The van der Waals surface area contributed by atoms with E-state index in [4.69, 9.17) is 4.74 Å². The number of rotatable bonds is 3. The Hall–Kier alpha value is -1.69. The largest absolute Gasteiger partial charge is 0.493 e. The van der Waals surface area contributed by atoms with E-state index in [1.165, 1.54) is 0 Å². The number of benzene rings is 2. The molecular weight excluding hydrogens is 347 g/mol. The standard InChI is InChI=1S/C15H11BrF3NO/c16-10-3-8-1-2-21-15(8)9(4-10)7-20-13-6-11(17)5-12(18)14(13)19/h3-6,20H,1-2,7H2. The molecule has 1 aliphatic heterocycles. The molecule has 6 heteroatoms. The van der Waals surface area contributed by atoms with Crippen LogP contribution in [-0.2, 0) is 13.0 Å². The smallest absolute Gasteiger partial charge is 0.182 e. The molecule has 110 valence electrons. The van der Waals surface area contributed by atoms with E-state index in [1.54, 1.807) is 0 Å². The highest BCUT2D eigenvalue weighted by Crippen LogP contribution is 2.33. The van der Waals surface area contributed by atoms with Crippen molar-refractivity contribution in [3.63, 3.8) is 0 Å². The van der Waals surface area contributed by atoms with Crippen molar-refractivity contribution in [1.29, 1.82) is 0 Å². The molecule has 0 saturated carbocycles. The van der Waals surface area contributed by atoms with Crippen molar-refractivity contribution in [2.75, 3.05) is 11.9 Å². The van der Waals surface area contributed by atoms with E-state index in [9.17, 15) is 13.2 Å². The molecule has 0 fully saturated rings. The molecule has 1 aliphatic rings. The lowest BCUT2D eigenvalue weighted by Crippen LogP contribution is -2.05. The van der Waals surface area contributed by atoms with E-state index in [0.717, 1.165) is 33.8 Å². The van der Waals surface area contributed by atoms with Gasteiger partial charge in [0.1, 0.15) is 11.6 Å². The summed E-state index contributed by atoms with van der Waals surface area (Å²) >= 11 is 3.40. The van der Waals surface area contributed by atoms with E-state index in [1.807, 2.05) is 12.1 Å². The highest BCUT2D eigenvalue weighted by molar-refractivity contribution is 9.10. The van der Waals surface area contributed by atoms with Crippen LogP contribution in [0.3, 0.4) is 0 Å². The van der Waals surface area contributed by atoms with Gasteiger partial charge in [0.05, 0.1) is 12.3 Å². The topological polar surface area (TPSA) is 21.3 Å². The van der Waals surface area contributed by atoms with Crippen LogP contribution in [0.4, 0.5) is 18.9 Å². The summed E-state index contributed by atoms with van der Waals surface area (Å²) in [7, 11) is 0. The van der Waals surface area contributed by atoms with Gasteiger partial charge in [-0.05, 0) is 17.7 Å². The van der Waals surface area contributed by atoms with Crippen LogP contribution < -0.4 is 10.1 Å². The van der Waals surface area contributed by atoms with Crippen LogP contribution in [0.15, 0.2) is 28.7 Å². The average molecular weight is 358 g/mol. The van der Waals surface area contributed by atoms with Gasteiger partial charge in [-0.25, -0.2) is 13.2 Å². The third-order valence-corrected chi connectivity index (χ3v) is 3.75. The van der Waals surface area contributed by atoms with Gasteiger partial charge in [0.25, 0.3) is 0 Å². The second kappa shape index (κ2) is 5.60. The molecule has 1 N–H and O–H groups in total. The third-order valence-electron chi connectivity index (χ3n) is 3.29. The molecule has 2 aromatic rings. The number of hydrogen-bond donors (Lipinski definition) is 1. The van der Waals surface area contributed by atoms with Crippen molar-refractivity contribution >= 4 is 21.6 Å². The summed E-state index contributed by atoms with van der Waals surface area (Å²) in [4.78, 5) is 0. The normalized spacial score (nSPS) is 13.0. The lowest BCUT2D eigenvalue weighted by atomic mass is 10.1. The molecule has 0 aromatic heterocycles. The second-order valence-electron chi connectivity index (χ2n) is 4.75. The molecule has 0 unspecified atom stereocenters. The van der Waals surface area contributed by atoms with Gasteiger partial charge in [-0.15, -0.1) is 0 Å². The molecule has 21 heavy (non-hydrogen) atoms. The van der Waals surface area contributed by atoms with Crippen LogP contribution in [0.5, 0.6) is 5.75 Å². The zero-order valence-corrected chi connectivity index (χ0v) is 12.4. The minimum absolute atomic E-state index is 0.209. The molecule has 0 aliphatic carbocycles. The summed E-state index contributed by atoms with van der Waals surface area (Å²) in [5.41, 5.74) is 1.66. The minimum atomic E-state index is -1.21. The van der Waals surface area contributed by atoms with Crippen molar-refractivity contribution in [1.82, 2.24) is 0 Å². The van der Waals surface area contributed by atoms with E-state index >= 15 is 0 Å². The Balaban J connectivity index is 1.86. The van der Waals surface area contributed by atoms with Crippen molar-refractivity contribution in [2.45, 2.75) is 13.0 Å². The maximum atomic E-state index is 13.6. The first-order valence-electron chi connectivity index (χ1n) is 6.37. The Morgan fingerprint density at radius 1 is 1.14 bits per heavy atom. The fraction of sp³-hybridized carbons (Fsp3) is 0.200. The van der Waals surface area contributed by atoms with Crippen LogP contribution in [0.1, 0.15) is 11.1 Å². The molecular formula is C15H11BrF3NO. The highest BCUT2D eigenvalue weighted by atomic mass is 79.9. The number of anilines is 1. The van der Waals surface area contributed by atoms with Crippen molar-refractivity contribution in [2.24, 2.45) is 0 Å². The van der Waals surface area contributed by atoms with Gasteiger partial charge in [0.15, 0.2) is 11.6 Å². The number of fused-ring (bicyclic) bond motifs is 1. The maximum Gasteiger partial charge on any atom is 0.182 e. The van der Waals surface area contributed by atoms with Gasteiger partial charge in [0.2, 0.25) is 0 Å². The molecule has 0 atom stereocenters. The van der Waals surface area contributed by atoms with Crippen molar-refractivity contribution < 1.29 is 17.9 Å². The Morgan fingerprint density at radius 2 is 1.95 bits per heavy atom. The Morgan fingerprint density at radius 3 is 2.76 bits per heavy atom. The molecule has 0 saturated heterocycles. The SMILES string of the molecule is Fc1cc(F)c(F)c(NCc2cc(Br)cc3c2OCC3)c1. The number of halogens is 4. The summed E-state index contributed by atoms with van der Waals surface area (Å²) in [5.74, 6) is -2.38. The molecule has 0 spiro atoms. The first-order valence-corrected chi connectivity index (χ1v) is 7.16. The Bertz CT molecular complexity index is 706. The quantitative estimate of drug-likeness (QED) is 0.821. The monoisotopic (exact) mass is 357 g/mol. The second-order valence-corrected chi connectivity index (χ2v) is 5.67. The molecule has 2 nitrogen and oxygen atoms in total. The number of hydrogen-bond acceptors (Lipinski definition) is 2. The molecule has 3 rings (SSSR count). The fourth-order valence-corrected chi connectivity index (χ4v) is 2.91. The van der Waals surface area contributed by atoms with Crippen LogP contribution in [0.25, 0.3) is 0 Å². The summed E-state index contributed by atoms with van der Waals surface area (Å²) in [5, 5.41) is 2.71. The van der Waals surface area contributed by atoms with E-state index in [0.29, 0.717) is 12.7 Å². The molecule has 1 heterocycles. The minimum Gasteiger partial charge on any atom is -0.493 e. The lowest BCUT2D eigenvalue weighted by molar-refractivity contribution is 0.354. The third kappa shape index (κ3) is 2.85. The molecule has 2 aromatic carbocycles. The van der Waals surface area contributed by atoms with E-state index in [2.05, 4.69) is 21.2 Å². The van der Waals surface area contributed by atoms with Crippen molar-refractivity contribution in [3.8, 4) is 5.75 Å². The van der Waals surface area contributed by atoms with E-state index in [-0.39, 0.29) is 12.2 Å². The van der Waals surface area contributed by atoms with Gasteiger partial charge < -0.3 is 10.1 Å². The van der Waals surface area contributed by atoms with Gasteiger partial charge >= 0.3 is 0 Å². The van der Waals surface area contributed by atoms with E-state index < -0.39 is 17.5 Å². The first-order chi connectivity index (χ1) is 10.0. The zero-order chi connectivity index (χ0) is 15.0. The summed E-state index contributed by atoms with van der Waals surface area (Å²) in [6, 6.07) is 5.25. The summed E-state index contributed by atoms with van der Waals surface area (Å²) in [6.45, 7) is 0.809. The highest BCUT2D eigenvalue weighted by Gasteiger charge is 2.18. The van der Waals surface area contributed by atoms with Gasteiger partial charge in [-0.2, -0.15) is 0 Å². The van der Waals surface area contributed by atoms with Crippen LogP contribution in [0.2, 0.25) is 0 Å². The number of nitrogens with one attached hydrogen (secondary N) is 1. The Kier molecular flexibility index (Phi) is 3.80. The molecule has 0 amide bonds. The fourth-order valence-electron chi connectivity index (χ4n) is 2.35. The average Bonchev–Trinajstić information content (AvgIpc) is 2.88. The lowest BCUT2D eigenvalue weighted by Gasteiger charge is -2.12.